The molecule has 3 rings (SSSR count). The number of rotatable bonds is 6. The minimum Gasteiger partial charge on any atom is -0.459 e. The fourth-order valence-corrected chi connectivity index (χ4v) is 3.69. The normalized spacial score (nSPS) is 25.8. The van der Waals surface area contributed by atoms with E-state index < -0.39 is 11.1 Å². The van der Waals surface area contributed by atoms with Crippen LogP contribution in [0.4, 0.5) is 0 Å². The molecule has 138 valence electrons. The third-order valence-corrected chi connectivity index (χ3v) is 4.96. The Labute approximate surface area is 150 Å². The number of nitrogens with zero attached hydrogens (tertiary/aromatic N) is 1. The molecule has 1 saturated heterocycles. The Bertz CT molecular complexity index is 593. The van der Waals surface area contributed by atoms with E-state index in [2.05, 4.69) is 17.0 Å². The van der Waals surface area contributed by atoms with Crippen molar-refractivity contribution in [1.82, 2.24) is 4.90 Å². The Morgan fingerprint density at radius 1 is 1.32 bits per heavy atom. The average Bonchev–Trinajstić information content (AvgIpc) is 3.32. The summed E-state index contributed by atoms with van der Waals surface area (Å²) in [5.41, 5.74) is -0.105. The van der Waals surface area contributed by atoms with E-state index in [0.29, 0.717) is 19.9 Å². The molecule has 5 heteroatoms. The van der Waals surface area contributed by atoms with Gasteiger partial charge < -0.3 is 14.2 Å². The maximum atomic E-state index is 13.2. The Hall–Kier alpha value is -1.43. The second-order valence-electron chi connectivity index (χ2n) is 8.03. The highest BCUT2D eigenvalue weighted by atomic mass is 16.6. The van der Waals surface area contributed by atoms with Crippen molar-refractivity contribution in [2.45, 2.75) is 50.8 Å². The minimum absolute atomic E-state index is 0.0400. The molecule has 1 aliphatic carbocycles. The van der Waals surface area contributed by atoms with Crippen molar-refractivity contribution in [3.05, 3.63) is 35.9 Å². The number of methoxy groups -OCH3 is 1. The summed E-state index contributed by atoms with van der Waals surface area (Å²) >= 11 is 0. The minimum atomic E-state index is -0.716. The van der Waals surface area contributed by atoms with Crippen LogP contribution in [0.25, 0.3) is 0 Å². The predicted octanol–water partition coefficient (Wildman–Crippen LogP) is 3.15. The molecular formula is C20H29NO4. The molecule has 2 atom stereocenters. The highest BCUT2D eigenvalue weighted by Gasteiger charge is 2.61. The molecule has 0 radical (unpaired) electrons. The number of carbonyl (C=O) groups excluding carboxylic acids is 1. The van der Waals surface area contributed by atoms with Gasteiger partial charge in [0, 0.05) is 7.11 Å². The molecule has 0 bridgehead atoms. The van der Waals surface area contributed by atoms with Gasteiger partial charge in [0.15, 0.2) is 0 Å². The van der Waals surface area contributed by atoms with Crippen LogP contribution in [0.15, 0.2) is 30.3 Å². The van der Waals surface area contributed by atoms with Gasteiger partial charge in [-0.15, -0.1) is 0 Å². The molecule has 0 N–H and O–H groups in total. The zero-order chi connectivity index (χ0) is 18.1. The first kappa shape index (κ1) is 18.4. The van der Waals surface area contributed by atoms with Crippen molar-refractivity contribution < 1.29 is 19.0 Å². The van der Waals surface area contributed by atoms with Gasteiger partial charge in [0.25, 0.3) is 0 Å². The van der Waals surface area contributed by atoms with Gasteiger partial charge in [-0.25, -0.2) is 4.79 Å². The molecule has 0 aromatic heterocycles. The maximum Gasteiger partial charge on any atom is 0.329 e. The standard InChI is InChI=1S/C20H29NO4/c1-19(2,3)25-18(22)20(16-10-11-16)13-24-14-21(20)17(12-23-4)15-8-6-5-7-9-15/h5-9,16-17H,10-14H2,1-4H3/t17-,20-/m0/s1. The zero-order valence-electron chi connectivity index (χ0n) is 15.7. The Morgan fingerprint density at radius 3 is 2.56 bits per heavy atom. The smallest absolute Gasteiger partial charge is 0.329 e. The number of ether oxygens (including phenoxy) is 3. The van der Waals surface area contributed by atoms with E-state index in [1.807, 2.05) is 39.0 Å². The van der Waals surface area contributed by atoms with Crippen molar-refractivity contribution >= 4 is 5.97 Å². The first-order valence-corrected chi connectivity index (χ1v) is 9.00. The van der Waals surface area contributed by atoms with Gasteiger partial charge in [0.1, 0.15) is 17.9 Å². The third kappa shape index (κ3) is 3.73. The fraction of sp³-hybridized carbons (Fsp3) is 0.650. The van der Waals surface area contributed by atoms with E-state index in [4.69, 9.17) is 14.2 Å². The number of benzene rings is 1. The van der Waals surface area contributed by atoms with Gasteiger partial charge in [0.2, 0.25) is 0 Å². The van der Waals surface area contributed by atoms with E-state index in [-0.39, 0.29) is 17.9 Å². The molecule has 0 unspecified atom stereocenters. The van der Waals surface area contributed by atoms with Crippen molar-refractivity contribution in [3.8, 4) is 0 Å². The summed E-state index contributed by atoms with van der Waals surface area (Å²) in [5.74, 6) is 0.116. The largest absolute Gasteiger partial charge is 0.459 e. The van der Waals surface area contributed by atoms with Gasteiger partial charge >= 0.3 is 5.97 Å². The van der Waals surface area contributed by atoms with Crippen molar-refractivity contribution in [3.63, 3.8) is 0 Å². The lowest BCUT2D eigenvalue weighted by Crippen LogP contribution is -2.58. The SMILES string of the molecule is COC[C@@H](c1ccccc1)N1COC[C@@]1(C(=O)OC(C)(C)C)C1CC1. The molecule has 1 aromatic rings. The number of hydrogen-bond acceptors (Lipinski definition) is 5. The topological polar surface area (TPSA) is 48.0 Å². The number of hydrogen-bond donors (Lipinski definition) is 0. The summed E-state index contributed by atoms with van der Waals surface area (Å²) in [5, 5.41) is 0. The molecule has 2 aliphatic rings. The summed E-state index contributed by atoms with van der Waals surface area (Å²) in [4.78, 5) is 15.4. The summed E-state index contributed by atoms with van der Waals surface area (Å²) in [6.07, 6.45) is 2.07. The van der Waals surface area contributed by atoms with Crippen LogP contribution in [0.5, 0.6) is 0 Å². The van der Waals surface area contributed by atoms with Gasteiger partial charge in [0.05, 0.1) is 19.3 Å². The lowest BCUT2D eigenvalue weighted by Gasteiger charge is -2.41. The van der Waals surface area contributed by atoms with Gasteiger partial charge in [-0.2, -0.15) is 0 Å². The third-order valence-electron chi connectivity index (χ3n) is 4.96. The second-order valence-corrected chi connectivity index (χ2v) is 8.03. The van der Waals surface area contributed by atoms with Gasteiger partial charge in [-0.05, 0) is 45.1 Å². The second kappa shape index (κ2) is 7.06. The van der Waals surface area contributed by atoms with Crippen LogP contribution in [-0.2, 0) is 19.0 Å². The van der Waals surface area contributed by atoms with E-state index in [9.17, 15) is 4.79 Å². The molecular weight excluding hydrogens is 318 g/mol. The molecule has 1 aromatic carbocycles. The zero-order valence-corrected chi connectivity index (χ0v) is 15.7. The molecule has 0 amide bonds. The van der Waals surface area contributed by atoms with Crippen molar-refractivity contribution in [2.75, 3.05) is 27.1 Å². The molecule has 2 fully saturated rings. The van der Waals surface area contributed by atoms with Crippen molar-refractivity contribution in [2.24, 2.45) is 5.92 Å². The summed E-state index contributed by atoms with van der Waals surface area (Å²) < 4.78 is 17.1. The van der Waals surface area contributed by atoms with E-state index in [1.54, 1.807) is 7.11 Å². The lowest BCUT2D eigenvalue weighted by atomic mass is 9.89. The van der Waals surface area contributed by atoms with Crippen LogP contribution >= 0.6 is 0 Å². The predicted molar refractivity (Wildman–Crippen MR) is 95.0 cm³/mol. The molecule has 0 spiro atoms. The monoisotopic (exact) mass is 347 g/mol. The van der Waals surface area contributed by atoms with Crippen LogP contribution in [-0.4, -0.2) is 49.1 Å². The highest BCUT2D eigenvalue weighted by molar-refractivity contribution is 5.83. The van der Waals surface area contributed by atoms with Crippen LogP contribution in [0.3, 0.4) is 0 Å². The Balaban J connectivity index is 1.95. The Kier molecular flexibility index (Phi) is 5.19. The highest BCUT2D eigenvalue weighted by Crippen LogP contribution is 2.49. The van der Waals surface area contributed by atoms with Crippen molar-refractivity contribution in [1.29, 1.82) is 0 Å². The van der Waals surface area contributed by atoms with Crippen LogP contribution < -0.4 is 0 Å². The number of carbonyl (C=O) groups is 1. The lowest BCUT2D eigenvalue weighted by molar-refractivity contribution is -0.171. The molecule has 1 heterocycles. The average molecular weight is 347 g/mol. The molecule has 1 saturated carbocycles. The van der Waals surface area contributed by atoms with E-state index in [0.717, 1.165) is 18.4 Å². The van der Waals surface area contributed by atoms with Crippen LogP contribution in [0.2, 0.25) is 0 Å². The van der Waals surface area contributed by atoms with Crippen LogP contribution in [0.1, 0.15) is 45.2 Å². The van der Waals surface area contributed by atoms with E-state index in [1.165, 1.54) is 0 Å². The van der Waals surface area contributed by atoms with Crippen LogP contribution in [0, 0.1) is 5.92 Å². The quantitative estimate of drug-likeness (QED) is 0.740. The molecule has 1 aliphatic heterocycles. The summed E-state index contributed by atoms with van der Waals surface area (Å²) in [6.45, 7) is 7.05. The first-order valence-electron chi connectivity index (χ1n) is 9.00. The van der Waals surface area contributed by atoms with Gasteiger partial charge in [-0.1, -0.05) is 30.3 Å². The number of esters is 1. The fourth-order valence-electron chi connectivity index (χ4n) is 3.69. The van der Waals surface area contributed by atoms with Gasteiger partial charge in [-0.3, -0.25) is 4.90 Å². The first-order chi connectivity index (χ1) is 11.9. The summed E-state index contributed by atoms with van der Waals surface area (Å²) in [6, 6.07) is 10.1. The Morgan fingerprint density at radius 2 is 2.00 bits per heavy atom. The molecule has 5 nitrogen and oxygen atoms in total. The van der Waals surface area contributed by atoms with E-state index >= 15 is 0 Å². The summed E-state index contributed by atoms with van der Waals surface area (Å²) in [7, 11) is 1.69. The molecule has 25 heavy (non-hydrogen) atoms. The maximum absolute atomic E-state index is 13.2.